The van der Waals surface area contributed by atoms with E-state index in [-0.39, 0.29) is 16.6 Å². The van der Waals surface area contributed by atoms with E-state index in [1.165, 1.54) is 28.2 Å². The number of hydrogen-bond acceptors (Lipinski definition) is 6. The minimum Gasteiger partial charge on any atom is -0.318 e. The third-order valence-corrected chi connectivity index (χ3v) is 5.62. The Morgan fingerprint density at radius 2 is 2.10 bits per heavy atom. The van der Waals surface area contributed by atoms with Crippen LogP contribution in [-0.2, 0) is 13.6 Å². The van der Waals surface area contributed by atoms with Gasteiger partial charge in [0.05, 0.1) is 21.2 Å². The summed E-state index contributed by atoms with van der Waals surface area (Å²) in [5, 5.41) is 4.37. The van der Waals surface area contributed by atoms with Crippen LogP contribution in [0.15, 0.2) is 51.2 Å². The Labute approximate surface area is 168 Å². The summed E-state index contributed by atoms with van der Waals surface area (Å²) in [6.45, 7) is 2.34. The van der Waals surface area contributed by atoms with Crippen LogP contribution in [0.3, 0.4) is 0 Å². The number of aryl methyl sites for hydroxylation is 2. The molecule has 0 radical (unpaired) electrons. The van der Waals surface area contributed by atoms with Gasteiger partial charge in [-0.15, -0.1) is 5.10 Å². The Morgan fingerprint density at radius 1 is 1.31 bits per heavy atom. The molecule has 3 aromatic heterocycles. The number of hydrogen-bond donors (Lipinski definition) is 2. The molecule has 0 aliphatic heterocycles. The molecule has 0 aliphatic rings. The number of amides is 1. The van der Waals surface area contributed by atoms with E-state index in [1.54, 1.807) is 0 Å². The number of thiazole rings is 1. The summed E-state index contributed by atoms with van der Waals surface area (Å²) in [6.07, 6.45) is 2.04. The molecule has 0 atom stereocenters. The topological polar surface area (TPSA) is 114 Å². The lowest BCUT2D eigenvalue weighted by Gasteiger charge is -2.08. The summed E-state index contributed by atoms with van der Waals surface area (Å²) in [7, 11) is 1.87. The molecule has 0 saturated carbocycles. The Morgan fingerprint density at radius 3 is 2.86 bits per heavy atom. The number of aromatic amines is 1. The van der Waals surface area contributed by atoms with Crippen LogP contribution in [0.2, 0.25) is 0 Å². The van der Waals surface area contributed by atoms with Crippen LogP contribution in [0.5, 0.6) is 0 Å². The number of fused-ring (bicyclic) bond motifs is 2. The van der Waals surface area contributed by atoms with Gasteiger partial charge < -0.3 is 4.57 Å². The monoisotopic (exact) mass is 410 g/mol. The highest BCUT2D eigenvalue weighted by atomic mass is 32.1. The molecule has 4 aromatic rings. The fourth-order valence-corrected chi connectivity index (χ4v) is 4.05. The van der Waals surface area contributed by atoms with Crippen LogP contribution in [0, 0.1) is 0 Å². The maximum Gasteiger partial charge on any atom is 0.329 e. The van der Waals surface area contributed by atoms with Gasteiger partial charge in [0.15, 0.2) is 0 Å². The minimum absolute atomic E-state index is 0.178. The van der Waals surface area contributed by atoms with E-state index in [2.05, 4.69) is 20.5 Å². The van der Waals surface area contributed by atoms with E-state index in [0.717, 1.165) is 10.2 Å². The quantitative estimate of drug-likeness (QED) is 0.494. The van der Waals surface area contributed by atoms with Gasteiger partial charge >= 0.3 is 5.69 Å². The fraction of sp³-hybridized carbons (Fsp3) is 0.211. The van der Waals surface area contributed by atoms with E-state index in [9.17, 15) is 14.4 Å². The normalized spacial score (nSPS) is 12.0. The predicted octanol–water partition coefficient (Wildman–Crippen LogP) is 1.29. The molecule has 0 saturated heterocycles. The lowest BCUT2D eigenvalue weighted by Crippen LogP contribution is -2.31. The van der Waals surface area contributed by atoms with Crippen molar-refractivity contribution in [3.8, 4) is 0 Å². The van der Waals surface area contributed by atoms with Crippen molar-refractivity contribution in [2.24, 2.45) is 12.1 Å². The largest absolute Gasteiger partial charge is 0.329 e. The SMILES string of the molecule is CCCn1c(=O)[nH]c(=O)c2cc(C(=O)N/N=c3\sc4ccccc4n3C)cnc21. The van der Waals surface area contributed by atoms with Gasteiger partial charge in [-0.2, -0.15) is 0 Å². The van der Waals surface area contributed by atoms with Crippen LogP contribution in [-0.4, -0.2) is 25.0 Å². The van der Waals surface area contributed by atoms with Gasteiger partial charge in [0.25, 0.3) is 11.5 Å². The number of H-pyrrole nitrogens is 1. The Kier molecular flexibility index (Phi) is 4.85. The van der Waals surface area contributed by atoms with Crippen molar-refractivity contribution < 1.29 is 4.79 Å². The predicted molar refractivity (Wildman–Crippen MR) is 111 cm³/mol. The Balaban J connectivity index is 1.71. The zero-order chi connectivity index (χ0) is 20.5. The summed E-state index contributed by atoms with van der Waals surface area (Å²) < 4.78 is 4.32. The number of pyridine rings is 1. The highest BCUT2D eigenvalue weighted by Crippen LogP contribution is 2.15. The van der Waals surface area contributed by atoms with Crippen LogP contribution in [0.25, 0.3) is 21.3 Å². The number of nitrogens with zero attached hydrogens (tertiary/aromatic N) is 4. The molecule has 148 valence electrons. The number of rotatable bonds is 4. The highest BCUT2D eigenvalue weighted by molar-refractivity contribution is 7.16. The van der Waals surface area contributed by atoms with Crippen molar-refractivity contribution in [3.63, 3.8) is 0 Å². The second kappa shape index (κ2) is 7.47. The number of benzene rings is 1. The number of para-hydroxylation sites is 1. The standard InChI is InChI=1S/C19H18N6O3S/c1-3-8-25-15-12(17(27)21-18(25)28)9-11(10-20-15)16(26)22-23-19-24(2)13-6-4-5-7-14(13)29-19/h4-7,9-10H,3,8H2,1-2H3,(H,22,26)(H,21,27,28)/b23-19-. The second-order valence-electron chi connectivity index (χ2n) is 6.47. The van der Waals surface area contributed by atoms with Gasteiger partial charge in [-0.3, -0.25) is 19.1 Å². The Hall–Kier alpha value is -3.53. The molecule has 1 amide bonds. The zero-order valence-electron chi connectivity index (χ0n) is 15.8. The summed E-state index contributed by atoms with van der Waals surface area (Å²) in [6, 6.07) is 9.26. The first kappa shape index (κ1) is 18.8. The molecule has 3 heterocycles. The number of nitrogens with one attached hydrogen (secondary N) is 2. The van der Waals surface area contributed by atoms with Gasteiger partial charge in [0.2, 0.25) is 4.80 Å². The minimum atomic E-state index is -0.577. The molecule has 0 aliphatic carbocycles. The van der Waals surface area contributed by atoms with Crippen molar-refractivity contribution in [3.05, 3.63) is 67.7 Å². The van der Waals surface area contributed by atoms with Crippen LogP contribution < -0.4 is 21.5 Å². The highest BCUT2D eigenvalue weighted by Gasteiger charge is 2.13. The van der Waals surface area contributed by atoms with Crippen molar-refractivity contribution in [1.29, 1.82) is 0 Å². The molecule has 0 unspecified atom stereocenters. The molecule has 0 bridgehead atoms. The number of aromatic nitrogens is 4. The van der Waals surface area contributed by atoms with Gasteiger partial charge in [-0.05, 0) is 24.6 Å². The van der Waals surface area contributed by atoms with Gasteiger partial charge in [0, 0.05) is 19.8 Å². The molecular weight excluding hydrogens is 392 g/mol. The van der Waals surface area contributed by atoms with Crippen molar-refractivity contribution in [2.75, 3.05) is 0 Å². The smallest absolute Gasteiger partial charge is 0.318 e. The van der Waals surface area contributed by atoms with E-state index in [1.807, 2.05) is 42.8 Å². The van der Waals surface area contributed by atoms with Gasteiger partial charge in [0.1, 0.15) is 5.65 Å². The molecule has 10 heteroatoms. The van der Waals surface area contributed by atoms with Crippen molar-refractivity contribution in [1.82, 2.24) is 24.5 Å². The number of carbonyl (C=O) groups excluding carboxylic acids is 1. The van der Waals surface area contributed by atoms with Crippen LogP contribution >= 0.6 is 11.3 Å². The lowest BCUT2D eigenvalue weighted by molar-refractivity contribution is 0.0953. The average Bonchev–Trinajstić information content (AvgIpc) is 3.05. The average molecular weight is 410 g/mol. The van der Waals surface area contributed by atoms with E-state index in [0.29, 0.717) is 17.8 Å². The molecule has 1 aromatic carbocycles. The molecule has 2 N–H and O–H groups in total. The second-order valence-corrected chi connectivity index (χ2v) is 7.48. The van der Waals surface area contributed by atoms with Crippen LogP contribution in [0.4, 0.5) is 0 Å². The molecule has 4 rings (SSSR count). The van der Waals surface area contributed by atoms with Crippen molar-refractivity contribution in [2.45, 2.75) is 19.9 Å². The summed E-state index contributed by atoms with van der Waals surface area (Å²) in [4.78, 5) is 43.8. The van der Waals surface area contributed by atoms with E-state index < -0.39 is 17.2 Å². The molecule has 0 spiro atoms. The number of carbonyl (C=O) groups is 1. The lowest BCUT2D eigenvalue weighted by atomic mass is 10.2. The third kappa shape index (κ3) is 3.38. The first-order valence-corrected chi connectivity index (χ1v) is 9.82. The third-order valence-electron chi connectivity index (χ3n) is 4.51. The molecule has 0 fully saturated rings. The maximum atomic E-state index is 12.5. The maximum absolute atomic E-state index is 12.5. The zero-order valence-corrected chi connectivity index (χ0v) is 16.6. The first-order chi connectivity index (χ1) is 14.0. The molecule has 9 nitrogen and oxygen atoms in total. The molecule has 29 heavy (non-hydrogen) atoms. The first-order valence-electron chi connectivity index (χ1n) is 9.01. The molecular formula is C19H18N6O3S. The fourth-order valence-electron chi connectivity index (χ4n) is 3.07. The van der Waals surface area contributed by atoms with Crippen LogP contribution in [0.1, 0.15) is 23.7 Å². The summed E-state index contributed by atoms with van der Waals surface area (Å²) in [5.41, 5.74) is 2.86. The Bertz CT molecular complexity index is 1430. The van der Waals surface area contributed by atoms with E-state index >= 15 is 0 Å². The van der Waals surface area contributed by atoms with Gasteiger partial charge in [-0.25, -0.2) is 15.2 Å². The summed E-state index contributed by atoms with van der Waals surface area (Å²) >= 11 is 1.45. The van der Waals surface area contributed by atoms with Crippen molar-refractivity contribution >= 4 is 38.5 Å². The van der Waals surface area contributed by atoms with E-state index in [4.69, 9.17) is 0 Å². The van der Waals surface area contributed by atoms with Gasteiger partial charge in [-0.1, -0.05) is 30.4 Å². The summed E-state index contributed by atoms with van der Waals surface area (Å²) in [5.74, 6) is -0.496.